The summed E-state index contributed by atoms with van der Waals surface area (Å²) in [6.07, 6.45) is 0.982. The predicted octanol–water partition coefficient (Wildman–Crippen LogP) is 0.00770. The first-order valence-electron chi connectivity index (χ1n) is 3.57. The Morgan fingerprint density at radius 2 is 2.30 bits per heavy atom. The summed E-state index contributed by atoms with van der Waals surface area (Å²) in [6, 6.07) is -0.0475. The maximum absolute atomic E-state index is 11.1. The number of carbonyl (C=O) groups is 1. The van der Waals surface area contributed by atoms with E-state index < -0.39 is 0 Å². The van der Waals surface area contributed by atoms with Crippen molar-refractivity contribution in [1.82, 2.24) is 9.91 Å². The van der Waals surface area contributed by atoms with E-state index in [1.54, 1.807) is 4.90 Å². The van der Waals surface area contributed by atoms with Gasteiger partial charge in [-0.2, -0.15) is 0 Å². The molecule has 0 unspecified atom stereocenters. The first-order valence-corrected chi connectivity index (χ1v) is 3.57. The lowest BCUT2D eigenvalue weighted by molar-refractivity contribution is 0.133. The van der Waals surface area contributed by atoms with E-state index in [1.165, 1.54) is 5.01 Å². The maximum atomic E-state index is 11.1. The number of amides is 2. The highest BCUT2D eigenvalue weighted by molar-refractivity contribution is 5.74. The highest BCUT2D eigenvalue weighted by Crippen LogP contribution is 2.03. The van der Waals surface area contributed by atoms with E-state index in [4.69, 9.17) is 5.84 Å². The number of hydrogen-bond donors (Lipinski definition) is 1. The van der Waals surface area contributed by atoms with Crippen LogP contribution in [0.3, 0.4) is 0 Å². The molecule has 0 radical (unpaired) electrons. The number of carbonyl (C=O) groups excluding carboxylic acids is 1. The average molecular weight is 143 g/mol. The van der Waals surface area contributed by atoms with E-state index in [9.17, 15) is 4.79 Å². The topological polar surface area (TPSA) is 49.6 Å². The molecule has 0 atom stereocenters. The fraction of sp³-hybridized carbons (Fsp3) is 0.833. The summed E-state index contributed by atoms with van der Waals surface area (Å²) in [6.45, 7) is 4.25. The normalized spacial score (nSPS) is 20.0. The van der Waals surface area contributed by atoms with Gasteiger partial charge in [-0.1, -0.05) is 0 Å². The van der Waals surface area contributed by atoms with Gasteiger partial charge in [0, 0.05) is 19.6 Å². The van der Waals surface area contributed by atoms with E-state index in [0.29, 0.717) is 6.54 Å². The number of hydrazine groups is 1. The van der Waals surface area contributed by atoms with Crippen LogP contribution in [0.5, 0.6) is 0 Å². The van der Waals surface area contributed by atoms with Gasteiger partial charge < -0.3 is 4.90 Å². The van der Waals surface area contributed by atoms with Crippen molar-refractivity contribution in [2.24, 2.45) is 5.84 Å². The first kappa shape index (κ1) is 7.34. The predicted molar refractivity (Wildman–Crippen MR) is 38.2 cm³/mol. The number of rotatable bonds is 1. The third-order valence-electron chi connectivity index (χ3n) is 1.72. The molecule has 1 rings (SSSR count). The van der Waals surface area contributed by atoms with Crippen LogP contribution in [-0.4, -0.2) is 35.6 Å². The average Bonchev–Trinajstić information content (AvgIpc) is 1.95. The fourth-order valence-corrected chi connectivity index (χ4v) is 1.10. The second-order valence-electron chi connectivity index (χ2n) is 2.41. The molecule has 1 heterocycles. The molecule has 0 aromatic carbocycles. The van der Waals surface area contributed by atoms with Gasteiger partial charge in [0.15, 0.2) is 0 Å². The smallest absolute Gasteiger partial charge is 0.324 e. The Morgan fingerprint density at radius 1 is 1.60 bits per heavy atom. The minimum Gasteiger partial charge on any atom is -0.324 e. The Labute approximate surface area is 60.5 Å². The first-order chi connectivity index (χ1) is 4.75. The van der Waals surface area contributed by atoms with Crippen LogP contribution < -0.4 is 5.84 Å². The van der Waals surface area contributed by atoms with Gasteiger partial charge >= 0.3 is 6.03 Å². The maximum Gasteiger partial charge on any atom is 0.334 e. The molecule has 1 aliphatic rings. The SMILES string of the molecule is CCN1CCCN(N)C1=O. The molecule has 0 bridgehead atoms. The highest BCUT2D eigenvalue weighted by atomic mass is 16.2. The van der Waals surface area contributed by atoms with Crippen LogP contribution in [0.15, 0.2) is 0 Å². The zero-order valence-corrected chi connectivity index (χ0v) is 6.21. The molecular weight excluding hydrogens is 130 g/mol. The molecule has 1 fully saturated rings. The van der Waals surface area contributed by atoms with Crippen LogP contribution in [0.4, 0.5) is 4.79 Å². The summed E-state index contributed by atoms with van der Waals surface area (Å²) in [5.41, 5.74) is 0. The summed E-state index contributed by atoms with van der Waals surface area (Å²) in [4.78, 5) is 12.8. The van der Waals surface area contributed by atoms with Crippen molar-refractivity contribution < 1.29 is 4.79 Å². The molecule has 1 aliphatic heterocycles. The molecular formula is C6H13N3O. The lowest BCUT2D eigenvalue weighted by Crippen LogP contribution is -2.52. The molecule has 4 nitrogen and oxygen atoms in total. The number of nitrogens with two attached hydrogens (primary N) is 1. The monoisotopic (exact) mass is 143 g/mol. The zero-order valence-electron chi connectivity index (χ0n) is 6.21. The molecule has 1 saturated heterocycles. The van der Waals surface area contributed by atoms with Crippen LogP contribution in [0.25, 0.3) is 0 Å². The van der Waals surface area contributed by atoms with Crippen molar-refractivity contribution >= 4 is 6.03 Å². The van der Waals surface area contributed by atoms with Crippen LogP contribution in [-0.2, 0) is 0 Å². The Bertz CT molecular complexity index is 137. The van der Waals surface area contributed by atoms with Gasteiger partial charge in [-0.25, -0.2) is 10.6 Å². The Morgan fingerprint density at radius 3 is 2.80 bits per heavy atom. The van der Waals surface area contributed by atoms with Gasteiger partial charge in [-0.3, -0.25) is 5.01 Å². The third kappa shape index (κ3) is 1.21. The number of nitrogens with zero attached hydrogens (tertiary/aromatic N) is 2. The molecule has 58 valence electrons. The molecule has 0 aromatic rings. The van der Waals surface area contributed by atoms with E-state index >= 15 is 0 Å². The third-order valence-corrected chi connectivity index (χ3v) is 1.72. The molecule has 4 heteroatoms. The van der Waals surface area contributed by atoms with Gasteiger partial charge in [0.2, 0.25) is 0 Å². The standard InChI is InChI=1S/C6H13N3O/c1-2-8-4-3-5-9(7)6(8)10/h2-5,7H2,1H3. The molecule has 0 aliphatic carbocycles. The van der Waals surface area contributed by atoms with E-state index in [0.717, 1.165) is 19.5 Å². The van der Waals surface area contributed by atoms with Gasteiger partial charge in [0.05, 0.1) is 0 Å². The minimum absolute atomic E-state index is 0.0475. The Kier molecular flexibility index (Phi) is 2.11. The lowest BCUT2D eigenvalue weighted by atomic mass is 10.3. The van der Waals surface area contributed by atoms with E-state index in [2.05, 4.69) is 0 Å². The number of urea groups is 1. The second kappa shape index (κ2) is 2.88. The Balaban J connectivity index is 2.51. The fourth-order valence-electron chi connectivity index (χ4n) is 1.10. The summed E-state index contributed by atoms with van der Waals surface area (Å²) in [7, 11) is 0. The molecule has 2 amide bonds. The van der Waals surface area contributed by atoms with Gasteiger partial charge in [-0.05, 0) is 13.3 Å². The van der Waals surface area contributed by atoms with Crippen molar-refractivity contribution in [2.75, 3.05) is 19.6 Å². The van der Waals surface area contributed by atoms with Crippen molar-refractivity contribution in [1.29, 1.82) is 0 Å². The van der Waals surface area contributed by atoms with Gasteiger partial charge in [0.1, 0.15) is 0 Å². The summed E-state index contributed by atoms with van der Waals surface area (Å²) in [5.74, 6) is 5.39. The van der Waals surface area contributed by atoms with Crippen LogP contribution in [0, 0.1) is 0 Å². The summed E-state index contributed by atoms with van der Waals surface area (Å²) in [5, 5.41) is 1.27. The van der Waals surface area contributed by atoms with Crippen LogP contribution in [0.2, 0.25) is 0 Å². The molecule has 2 N–H and O–H groups in total. The molecule has 0 aromatic heterocycles. The van der Waals surface area contributed by atoms with Crippen molar-refractivity contribution in [3.8, 4) is 0 Å². The molecule has 0 saturated carbocycles. The van der Waals surface area contributed by atoms with Crippen molar-refractivity contribution in [2.45, 2.75) is 13.3 Å². The van der Waals surface area contributed by atoms with E-state index in [1.807, 2.05) is 6.92 Å². The quantitative estimate of drug-likeness (QED) is 0.415. The van der Waals surface area contributed by atoms with E-state index in [-0.39, 0.29) is 6.03 Å². The van der Waals surface area contributed by atoms with Gasteiger partial charge in [0.25, 0.3) is 0 Å². The van der Waals surface area contributed by atoms with Gasteiger partial charge in [-0.15, -0.1) is 0 Å². The summed E-state index contributed by atoms with van der Waals surface area (Å²) < 4.78 is 0. The molecule has 0 spiro atoms. The zero-order chi connectivity index (χ0) is 7.56. The largest absolute Gasteiger partial charge is 0.334 e. The van der Waals surface area contributed by atoms with Crippen molar-refractivity contribution in [3.63, 3.8) is 0 Å². The summed E-state index contributed by atoms with van der Waals surface area (Å²) >= 11 is 0. The van der Waals surface area contributed by atoms with Crippen LogP contribution >= 0.6 is 0 Å². The van der Waals surface area contributed by atoms with Crippen LogP contribution in [0.1, 0.15) is 13.3 Å². The number of hydrogen-bond acceptors (Lipinski definition) is 2. The molecule has 10 heavy (non-hydrogen) atoms. The highest BCUT2D eigenvalue weighted by Gasteiger charge is 2.20. The Hall–Kier alpha value is -0.770. The minimum atomic E-state index is -0.0475. The lowest BCUT2D eigenvalue weighted by Gasteiger charge is -2.31. The van der Waals surface area contributed by atoms with Crippen molar-refractivity contribution in [3.05, 3.63) is 0 Å². The second-order valence-corrected chi connectivity index (χ2v) is 2.41.